The molecule has 0 aromatic rings. The second-order valence-electron chi connectivity index (χ2n) is 5.06. The van der Waals surface area contributed by atoms with E-state index in [9.17, 15) is 9.90 Å². The van der Waals surface area contributed by atoms with E-state index in [-0.39, 0.29) is 18.1 Å². The summed E-state index contributed by atoms with van der Waals surface area (Å²) in [6.07, 6.45) is 1.10. The van der Waals surface area contributed by atoms with Crippen LogP contribution in [0.15, 0.2) is 0 Å². The molecule has 4 heteroatoms. The van der Waals surface area contributed by atoms with Crippen LogP contribution in [-0.4, -0.2) is 35.4 Å². The van der Waals surface area contributed by atoms with Crippen LogP contribution in [0.2, 0.25) is 0 Å². The predicted molar refractivity (Wildman–Crippen MR) is 64.2 cm³/mol. The first-order valence-electron chi connectivity index (χ1n) is 5.90. The van der Waals surface area contributed by atoms with Gasteiger partial charge in [-0.05, 0) is 47.1 Å². The summed E-state index contributed by atoms with van der Waals surface area (Å²) in [5, 5.41) is 12.4. The summed E-state index contributed by atoms with van der Waals surface area (Å²) in [5.74, 6) is -0.251. The summed E-state index contributed by atoms with van der Waals surface area (Å²) in [6, 6.07) is -0.330. The molecule has 0 aromatic heterocycles. The van der Waals surface area contributed by atoms with Crippen LogP contribution in [-0.2, 0) is 9.53 Å². The Labute approximate surface area is 98.4 Å². The van der Waals surface area contributed by atoms with E-state index in [1.807, 2.05) is 27.7 Å². The third-order valence-corrected chi connectivity index (χ3v) is 2.16. The van der Waals surface area contributed by atoms with Crippen LogP contribution >= 0.6 is 0 Å². The molecule has 0 rings (SSSR count). The molecular weight excluding hydrogens is 206 g/mol. The van der Waals surface area contributed by atoms with Gasteiger partial charge in [-0.25, -0.2) is 0 Å². The summed E-state index contributed by atoms with van der Waals surface area (Å²) >= 11 is 0. The standard InChI is InChI=1S/C12H25NO3/c1-6-10(14)7-8-13-9(2)11(15)16-12(3,4)5/h9-10,13-14H,6-8H2,1-5H3. The molecule has 2 atom stereocenters. The van der Waals surface area contributed by atoms with Crippen LogP contribution in [0.25, 0.3) is 0 Å². The SMILES string of the molecule is CCC(O)CCNC(C)C(=O)OC(C)(C)C. The van der Waals surface area contributed by atoms with Gasteiger partial charge in [0.2, 0.25) is 0 Å². The maximum absolute atomic E-state index is 11.6. The number of nitrogens with one attached hydrogen (secondary N) is 1. The van der Waals surface area contributed by atoms with Crippen LogP contribution in [0.4, 0.5) is 0 Å². The van der Waals surface area contributed by atoms with Gasteiger partial charge in [-0.15, -0.1) is 0 Å². The first kappa shape index (κ1) is 15.4. The molecule has 0 aliphatic rings. The van der Waals surface area contributed by atoms with Gasteiger partial charge in [0.15, 0.2) is 0 Å². The molecule has 0 aliphatic carbocycles. The molecule has 0 heterocycles. The van der Waals surface area contributed by atoms with Gasteiger partial charge in [0.05, 0.1) is 6.10 Å². The zero-order valence-electron chi connectivity index (χ0n) is 11.0. The van der Waals surface area contributed by atoms with E-state index in [2.05, 4.69) is 5.32 Å². The Morgan fingerprint density at radius 1 is 1.44 bits per heavy atom. The molecular formula is C12H25NO3. The number of carbonyl (C=O) groups excluding carboxylic acids is 1. The van der Waals surface area contributed by atoms with Crippen molar-refractivity contribution in [3.63, 3.8) is 0 Å². The van der Waals surface area contributed by atoms with Crippen molar-refractivity contribution in [2.45, 2.75) is 65.2 Å². The van der Waals surface area contributed by atoms with Crippen molar-refractivity contribution in [1.29, 1.82) is 0 Å². The highest BCUT2D eigenvalue weighted by Gasteiger charge is 2.21. The van der Waals surface area contributed by atoms with Crippen molar-refractivity contribution in [3.05, 3.63) is 0 Å². The molecule has 0 saturated heterocycles. The Kier molecular flexibility index (Phi) is 6.60. The van der Waals surface area contributed by atoms with Crippen LogP contribution in [0.1, 0.15) is 47.5 Å². The number of rotatable bonds is 6. The fraction of sp³-hybridized carbons (Fsp3) is 0.917. The van der Waals surface area contributed by atoms with E-state index in [0.717, 1.165) is 6.42 Å². The maximum atomic E-state index is 11.6. The molecule has 0 bridgehead atoms. The Morgan fingerprint density at radius 3 is 2.44 bits per heavy atom. The molecule has 2 N–H and O–H groups in total. The van der Waals surface area contributed by atoms with E-state index in [0.29, 0.717) is 13.0 Å². The van der Waals surface area contributed by atoms with Crippen LogP contribution in [0.3, 0.4) is 0 Å². The zero-order chi connectivity index (χ0) is 12.8. The Morgan fingerprint density at radius 2 is 2.00 bits per heavy atom. The third kappa shape index (κ3) is 7.65. The predicted octanol–water partition coefficient (Wildman–Crippen LogP) is 1.47. The highest BCUT2D eigenvalue weighted by Crippen LogP contribution is 2.08. The number of ether oxygens (including phenoxy) is 1. The highest BCUT2D eigenvalue weighted by atomic mass is 16.6. The van der Waals surface area contributed by atoms with E-state index < -0.39 is 5.60 Å². The molecule has 0 aliphatic heterocycles. The lowest BCUT2D eigenvalue weighted by molar-refractivity contribution is -0.157. The van der Waals surface area contributed by atoms with Crippen molar-refractivity contribution in [2.75, 3.05) is 6.54 Å². The lowest BCUT2D eigenvalue weighted by Crippen LogP contribution is -2.40. The Hall–Kier alpha value is -0.610. The number of aliphatic hydroxyl groups excluding tert-OH is 1. The first-order chi connectivity index (χ1) is 7.26. The molecule has 96 valence electrons. The molecule has 4 nitrogen and oxygen atoms in total. The quantitative estimate of drug-likeness (QED) is 0.680. The second-order valence-corrected chi connectivity index (χ2v) is 5.06. The summed E-state index contributed by atoms with van der Waals surface area (Å²) in [5.41, 5.74) is -0.448. The second kappa shape index (κ2) is 6.86. The number of carbonyl (C=O) groups is 1. The number of esters is 1. The van der Waals surface area contributed by atoms with Gasteiger partial charge >= 0.3 is 5.97 Å². The molecule has 0 aromatic carbocycles. The average Bonchev–Trinajstić information content (AvgIpc) is 2.14. The van der Waals surface area contributed by atoms with E-state index >= 15 is 0 Å². The molecule has 0 saturated carbocycles. The normalized spacial score (nSPS) is 15.6. The van der Waals surface area contributed by atoms with Crippen molar-refractivity contribution in [2.24, 2.45) is 0 Å². The molecule has 0 radical (unpaired) electrons. The van der Waals surface area contributed by atoms with Crippen molar-refractivity contribution < 1.29 is 14.6 Å². The van der Waals surface area contributed by atoms with Crippen LogP contribution in [0, 0.1) is 0 Å². The lowest BCUT2D eigenvalue weighted by atomic mass is 10.2. The van der Waals surface area contributed by atoms with Crippen molar-refractivity contribution in [1.82, 2.24) is 5.32 Å². The number of hydrogen-bond acceptors (Lipinski definition) is 4. The minimum absolute atomic E-state index is 0.251. The van der Waals surface area contributed by atoms with Crippen molar-refractivity contribution in [3.8, 4) is 0 Å². The van der Waals surface area contributed by atoms with Gasteiger partial charge in [-0.1, -0.05) is 6.92 Å². The minimum atomic E-state index is -0.448. The summed E-state index contributed by atoms with van der Waals surface area (Å²) in [6.45, 7) is 9.86. The maximum Gasteiger partial charge on any atom is 0.323 e. The summed E-state index contributed by atoms with van der Waals surface area (Å²) in [7, 11) is 0. The van der Waals surface area contributed by atoms with E-state index in [1.165, 1.54) is 0 Å². The van der Waals surface area contributed by atoms with Crippen LogP contribution in [0.5, 0.6) is 0 Å². The van der Waals surface area contributed by atoms with Crippen LogP contribution < -0.4 is 5.32 Å². The summed E-state index contributed by atoms with van der Waals surface area (Å²) < 4.78 is 5.22. The monoisotopic (exact) mass is 231 g/mol. The Balaban J connectivity index is 3.80. The van der Waals surface area contributed by atoms with Gasteiger partial charge in [0.1, 0.15) is 11.6 Å². The molecule has 0 spiro atoms. The fourth-order valence-corrected chi connectivity index (χ4v) is 1.14. The van der Waals surface area contributed by atoms with Gasteiger partial charge in [-0.2, -0.15) is 0 Å². The topological polar surface area (TPSA) is 58.6 Å². The molecule has 0 fully saturated rings. The largest absolute Gasteiger partial charge is 0.459 e. The minimum Gasteiger partial charge on any atom is -0.459 e. The molecule has 0 amide bonds. The van der Waals surface area contributed by atoms with Crippen molar-refractivity contribution >= 4 is 5.97 Å². The lowest BCUT2D eigenvalue weighted by Gasteiger charge is -2.23. The smallest absolute Gasteiger partial charge is 0.323 e. The zero-order valence-corrected chi connectivity index (χ0v) is 11.0. The van der Waals surface area contributed by atoms with Gasteiger partial charge in [-0.3, -0.25) is 4.79 Å². The van der Waals surface area contributed by atoms with Gasteiger partial charge < -0.3 is 15.2 Å². The van der Waals surface area contributed by atoms with Gasteiger partial charge in [0, 0.05) is 0 Å². The summed E-state index contributed by atoms with van der Waals surface area (Å²) in [4.78, 5) is 11.6. The molecule has 16 heavy (non-hydrogen) atoms. The average molecular weight is 231 g/mol. The number of hydrogen-bond donors (Lipinski definition) is 2. The van der Waals surface area contributed by atoms with Gasteiger partial charge in [0.25, 0.3) is 0 Å². The van der Waals surface area contributed by atoms with E-state index in [4.69, 9.17) is 4.74 Å². The molecule has 2 unspecified atom stereocenters. The number of aliphatic hydroxyl groups is 1. The Bertz CT molecular complexity index is 211. The first-order valence-corrected chi connectivity index (χ1v) is 5.90. The fourth-order valence-electron chi connectivity index (χ4n) is 1.14. The third-order valence-electron chi connectivity index (χ3n) is 2.16. The van der Waals surface area contributed by atoms with E-state index in [1.54, 1.807) is 6.92 Å². The highest BCUT2D eigenvalue weighted by molar-refractivity contribution is 5.75.